The Kier molecular flexibility index (Phi) is 5.75. The fourth-order valence-corrected chi connectivity index (χ4v) is 3.38. The molecular formula is C16H18Br2N2. The third-order valence-corrected chi connectivity index (χ3v) is 4.31. The van der Waals surface area contributed by atoms with Gasteiger partial charge >= 0.3 is 0 Å². The van der Waals surface area contributed by atoms with Crippen LogP contribution >= 0.6 is 31.9 Å². The average molecular weight is 398 g/mol. The number of pyridine rings is 1. The second-order valence-corrected chi connectivity index (χ2v) is 6.38. The van der Waals surface area contributed by atoms with Crippen molar-refractivity contribution in [3.05, 3.63) is 62.3 Å². The highest BCUT2D eigenvalue weighted by Gasteiger charge is 2.17. The van der Waals surface area contributed by atoms with Gasteiger partial charge in [0.25, 0.3) is 0 Å². The number of nitrogens with one attached hydrogen (secondary N) is 1. The van der Waals surface area contributed by atoms with E-state index in [1.807, 2.05) is 12.3 Å². The second-order valence-electron chi connectivity index (χ2n) is 4.61. The highest BCUT2D eigenvalue weighted by molar-refractivity contribution is 9.11. The minimum atomic E-state index is 0.105. The molecule has 0 radical (unpaired) electrons. The van der Waals surface area contributed by atoms with Crippen LogP contribution in [0.1, 0.15) is 36.7 Å². The van der Waals surface area contributed by atoms with Crippen LogP contribution in [0.2, 0.25) is 0 Å². The lowest BCUT2D eigenvalue weighted by atomic mass is 10.0. The lowest BCUT2D eigenvalue weighted by Crippen LogP contribution is -2.23. The van der Waals surface area contributed by atoms with Crippen molar-refractivity contribution < 1.29 is 0 Å². The molecule has 1 unspecified atom stereocenters. The zero-order chi connectivity index (χ0) is 14.5. The summed E-state index contributed by atoms with van der Waals surface area (Å²) in [7, 11) is 0. The number of benzene rings is 1. The average Bonchev–Trinajstić information content (AvgIpc) is 2.46. The van der Waals surface area contributed by atoms with Crippen LogP contribution in [-0.4, -0.2) is 11.5 Å². The Morgan fingerprint density at radius 1 is 1.15 bits per heavy atom. The molecule has 4 heteroatoms. The van der Waals surface area contributed by atoms with Crippen molar-refractivity contribution in [1.29, 1.82) is 0 Å². The first-order valence-electron chi connectivity index (χ1n) is 6.78. The fraction of sp³-hybridized carbons (Fsp3) is 0.312. The number of rotatable bonds is 5. The Balaban J connectivity index is 2.38. The Bertz CT molecular complexity index is 567. The number of hydrogen-bond acceptors (Lipinski definition) is 2. The Hall–Kier alpha value is -0.710. The van der Waals surface area contributed by atoms with E-state index in [0.29, 0.717) is 0 Å². The molecule has 0 spiro atoms. The molecule has 2 rings (SSSR count). The van der Waals surface area contributed by atoms with Crippen LogP contribution in [0, 0.1) is 0 Å². The molecule has 106 valence electrons. The van der Waals surface area contributed by atoms with E-state index in [9.17, 15) is 0 Å². The lowest BCUT2D eigenvalue weighted by molar-refractivity contribution is 0.612. The van der Waals surface area contributed by atoms with Gasteiger partial charge in [-0.2, -0.15) is 0 Å². The van der Waals surface area contributed by atoms with Crippen LogP contribution in [0.4, 0.5) is 0 Å². The molecule has 2 nitrogen and oxygen atoms in total. The van der Waals surface area contributed by atoms with Gasteiger partial charge in [-0.05, 0) is 62.0 Å². The molecule has 0 saturated carbocycles. The summed E-state index contributed by atoms with van der Waals surface area (Å²) in [6.45, 7) is 5.17. The highest BCUT2D eigenvalue weighted by Crippen LogP contribution is 2.29. The van der Waals surface area contributed by atoms with Gasteiger partial charge in [-0.1, -0.05) is 38.1 Å². The molecule has 0 amide bonds. The second kappa shape index (κ2) is 7.34. The summed E-state index contributed by atoms with van der Waals surface area (Å²) < 4.78 is 1.99. The van der Waals surface area contributed by atoms with Gasteiger partial charge in [0.05, 0.1) is 11.7 Å². The lowest BCUT2D eigenvalue weighted by Gasteiger charge is -2.19. The van der Waals surface area contributed by atoms with Crippen LogP contribution in [-0.2, 0) is 6.42 Å². The van der Waals surface area contributed by atoms with Gasteiger partial charge < -0.3 is 5.32 Å². The van der Waals surface area contributed by atoms with Crippen LogP contribution < -0.4 is 5.32 Å². The number of aromatic nitrogens is 1. The molecule has 0 bridgehead atoms. The maximum absolute atomic E-state index is 4.56. The number of nitrogens with zero attached hydrogens (tertiary/aromatic N) is 1. The van der Waals surface area contributed by atoms with Crippen molar-refractivity contribution in [3.8, 4) is 0 Å². The molecule has 1 atom stereocenters. The van der Waals surface area contributed by atoms with E-state index in [1.165, 1.54) is 11.1 Å². The molecule has 0 aliphatic heterocycles. The summed E-state index contributed by atoms with van der Waals surface area (Å²) in [6.07, 6.45) is 2.90. The Labute approximate surface area is 137 Å². The van der Waals surface area contributed by atoms with Crippen molar-refractivity contribution in [1.82, 2.24) is 10.3 Å². The maximum atomic E-state index is 4.56. The van der Waals surface area contributed by atoms with Gasteiger partial charge in [0.2, 0.25) is 0 Å². The molecule has 0 aliphatic rings. The zero-order valence-corrected chi connectivity index (χ0v) is 14.8. The molecule has 1 N–H and O–H groups in total. The van der Waals surface area contributed by atoms with E-state index in [-0.39, 0.29) is 6.04 Å². The molecule has 1 heterocycles. The summed E-state index contributed by atoms with van der Waals surface area (Å²) in [5.41, 5.74) is 3.60. The molecule has 1 aromatic heterocycles. The Morgan fingerprint density at radius 3 is 2.40 bits per heavy atom. The smallest absolute Gasteiger partial charge is 0.0762 e. The topological polar surface area (TPSA) is 24.9 Å². The third-order valence-electron chi connectivity index (χ3n) is 3.24. The van der Waals surface area contributed by atoms with Gasteiger partial charge in [0, 0.05) is 15.1 Å². The van der Waals surface area contributed by atoms with E-state index < -0.39 is 0 Å². The predicted molar refractivity (Wildman–Crippen MR) is 91.0 cm³/mol. The fourth-order valence-electron chi connectivity index (χ4n) is 2.16. The number of halogens is 2. The quantitative estimate of drug-likeness (QED) is 0.778. The normalized spacial score (nSPS) is 12.4. The van der Waals surface area contributed by atoms with E-state index in [2.05, 4.69) is 80.3 Å². The van der Waals surface area contributed by atoms with Crippen LogP contribution in [0.15, 0.2) is 45.5 Å². The molecule has 0 aliphatic carbocycles. The summed E-state index contributed by atoms with van der Waals surface area (Å²) in [6, 6.07) is 10.9. The summed E-state index contributed by atoms with van der Waals surface area (Å²) in [5, 5.41) is 3.51. The molecule has 20 heavy (non-hydrogen) atoms. The molecule has 1 aromatic carbocycles. The van der Waals surface area contributed by atoms with Gasteiger partial charge in [0.1, 0.15) is 0 Å². The van der Waals surface area contributed by atoms with E-state index >= 15 is 0 Å². The van der Waals surface area contributed by atoms with Crippen molar-refractivity contribution >= 4 is 31.9 Å². The van der Waals surface area contributed by atoms with Crippen LogP contribution in [0.3, 0.4) is 0 Å². The van der Waals surface area contributed by atoms with E-state index in [4.69, 9.17) is 0 Å². The standard InChI is InChI=1S/C16H18Br2N2/c1-3-11-5-7-12(8-6-11)15(19-4-2)16-14(18)9-13(17)10-20-16/h5-10,15,19H,3-4H2,1-2H3. The minimum absolute atomic E-state index is 0.105. The van der Waals surface area contributed by atoms with E-state index in [1.54, 1.807) is 0 Å². The highest BCUT2D eigenvalue weighted by atomic mass is 79.9. The van der Waals surface area contributed by atoms with Crippen molar-refractivity contribution in [2.75, 3.05) is 6.54 Å². The largest absolute Gasteiger partial charge is 0.305 e. The van der Waals surface area contributed by atoms with Crippen molar-refractivity contribution in [2.45, 2.75) is 26.3 Å². The van der Waals surface area contributed by atoms with Crippen molar-refractivity contribution in [2.24, 2.45) is 0 Å². The van der Waals surface area contributed by atoms with Gasteiger partial charge in [0.15, 0.2) is 0 Å². The van der Waals surface area contributed by atoms with Gasteiger partial charge in [-0.15, -0.1) is 0 Å². The Morgan fingerprint density at radius 2 is 1.85 bits per heavy atom. The summed E-state index contributed by atoms with van der Waals surface area (Å²) >= 11 is 7.06. The van der Waals surface area contributed by atoms with Crippen LogP contribution in [0.5, 0.6) is 0 Å². The number of hydrogen-bond donors (Lipinski definition) is 1. The molecular weight excluding hydrogens is 380 g/mol. The van der Waals surface area contributed by atoms with E-state index in [0.717, 1.165) is 27.6 Å². The first kappa shape index (κ1) is 15.7. The predicted octanol–water partition coefficient (Wildman–Crippen LogP) is 4.87. The minimum Gasteiger partial charge on any atom is -0.305 e. The first-order chi connectivity index (χ1) is 9.65. The third kappa shape index (κ3) is 3.68. The van der Waals surface area contributed by atoms with Gasteiger partial charge in [-0.3, -0.25) is 4.98 Å². The zero-order valence-electron chi connectivity index (χ0n) is 11.7. The van der Waals surface area contributed by atoms with Crippen LogP contribution in [0.25, 0.3) is 0 Å². The maximum Gasteiger partial charge on any atom is 0.0762 e. The SMILES string of the molecule is CCNC(c1ccc(CC)cc1)c1ncc(Br)cc1Br. The van der Waals surface area contributed by atoms with Gasteiger partial charge in [-0.25, -0.2) is 0 Å². The first-order valence-corrected chi connectivity index (χ1v) is 8.37. The molecule has 0 fully saturated rings. The summed E-state index contributed by atoms with van der Waals surface area (Å²) in [5.74, 6) is 0. The summed E-state index contributed by atoms with van der Waals surface area (Å²) in [4.78, 5) is 4.56. The molecule has 0 saturated heterocycles. The monoisotopic (exact) mass is 396 g/mol. The molecule has 2 aromatic rings. The number of aryl methyl sites for hydroxylation is 1. The van der Waals surface area contributed by atoms with Crippen molar-refractivity contribution in [3.63, 3.8) is 0 Å².